The molecule has 0 fully saturated rings. The fourth-order valence-electron chi connectivity index (χ4n) is 1.99. The smallest absolute Gasteiger partial charge is 0.224 e. The minimum Gasteiger partial charge on any atom is -0.354 e. The van der Waals surface area contributed by atoms with Crippen molar-refractivity contribution >= 4 is 11.8 Å². The predicted octanol–water partition coefficient (Wildman–Crippen LogP) is 2.64. The van der Waals surface area contributed by atoms with Crippen molar-refractivity contribution in [3.63, 3.8) is 0 Å². The summed E-state index contributed by atoms with van der Waals surface area (Å²) in [6, 6.07) is 7.97. The van der Waals surface area contributed by atoms with E-state index >= 15 is 0 Å². The zero-order chi connectivity index (χ0) is 14.4. The Morgan fingerprint density at radius 1 is 1.20 bits per heavy atom. The Labute approximate surface area is 120 Å². The molecule has 0 aromatic carbocycles. The van der Waals surface area contributed by atoms with Gasteiger partial charge in [-0.1, -0.05) is 6.07 Å². The van der Waals surface area contributed by atoms with E-state index in [9.17, 15) is 0 Å². The molecule has 0 aliphatic heterocycles. The highest BCUT2D eigenvalue weighted by molar-refractivity contribution is 5.45. The minimum absolute atomic E-state index is 0.682. The summed E-state index contributed by atoms with van der Waals surface area (Å²) in [6.45, 7) is 8.58. The zero-order valence-electron chi connectivity index (χ0n) is 12.3. The molecule has 2 aromatic rings. The third-order valence-corrected chi connectivity index (χ3v) is 2.96. The first-order chi connectivity index (χ1) is 9.72. The predicted molar refractivity (Wildman–Crippen MR) is 81.9 cm³/mol. The fraction of sp³-hybridized carbons (Fsp3) is 0.400. The lowest BCUT2D eigenvalue weighted by molar-refractivity contribution is 0.789. The second-order valence-electron chi connectivity index (χ2n) is 4.56. The summed E-state index contributed by atoms with van der Waals surface area (Å²) in [5, 5.41) is 3.17. The van der Waals surface area contributed by atoms with Crippen molar-refractivity contribution in [2.75, 3.05) is 23.3 Å². The van der Waals surface area contributed by atoms with E-state index in [0.29, 0.717) is 5.95 Å². The molecule has 106 valence electrons. The maximum atomic E-state index is 4.57. The number of aryl methyl sites for hydroxylation is 1. The molecule has 5 nitrogen and oxygen atoms in total. The van der Waals surface area contributed by atoms with Crippen molar-refractivity contribution in [2.24, 2.45) is 0 Å². The van der Waals surface area contributed by atoms with Gasteiger partial charge in [0, 0.05) is 31.0 Å². The van der Waals surface area contributed by atoms with Crippen LogP contribution in [0.3, 0.4) is 0 Å². The lowest BCUT2D eigenvalue weighted by atomic mass is 10.3. The zero-order valence-corrected chi connectivity index (χ0v) is 12.3. The second kappa shape index (κ2) is 6.84. The molecule has 0 bridgehead atoms. The Hall–Kier alpha value is -2.17. The summed E-state index contributed by atoms with van der Waals surface area (Å²) in [4.78, 5) is 15.5. The molecule has 0 saturated carbocycles. The highest BCUT2D eigenvalue weighted by atomic mass is 15.2. The quantitative estimate of drug-likeness (QED) is 0.875. The van der Waals surface area contributed by atoms with Gasteiger partial charge in [-0.3, -0.25) is 4.98 Å². The van der Waals surface area contributed by atoms with Crippen LogP contribution in [0.15, 0.2) is 30.5 Å². The summed E-state index contributed by atoms with van der Waals surface area (Å²) in [6.07, 6.45) is 1.82. The number of hydrogen-bond acceptors (Lipinski definition) is 5. The molecule has 0 spiro atoms. The van der Waals surface area contributed by atoms with Crippen LogP contribution >= 0.6 is 0 Å². The Bertz CT molecular complexity index is 541. The van der Waals surface area contributed by atoms with Crippen LogP contribution in [-0.2, 0) is 6.54 Å². The highest BCUT2D eigenvalue weighted by Crippen LogP contribution is 2.16. The number of hydrogen-bond donors (Lipinski definition) is 1. The average molecular weight is 271 g/mol. The molecule has 0 radical (unpaired) electrons. The van der Waals surface area contributed by atoms with Gasteiger partial charge in [0.25, 0.3) is 0 Å². The van der Waals surface area contributed by atoms with Crippen molar-refractivity contribution in [3.05, 3.63) is 41.9 Å². The Balaban J connectivity index is 2.22. The standard InChI is InChI=1S/C15H21N5/c1-4-16-15-18-12(3)10-14(19-15)20(5-2)11-13-8-6-7-9-17-13/h6-10H,4-5,11H2,1-3H3,(H,16,18,19). The molecular formula is C15H21N5. The Morgan fingerprint density at radius 2 is 2.05 bits per heavy atom. The molecule has 5 heteroatoms. The normalized spacial score (nSPS) is 10.3. The van der Waals surface area contributed by atoms with Gasteiger partial charge in [-0.2, -0.15) is 4.98 Å². The van der Waals surface area contributed by atoms with Gasteiger partial charge < -0.3 is 10.2 Å². The molecule has 0 aliphatic carbocycles. The lowest BCUT2D eigenvalue weighted by Crippen LogP contribution is -2.24. The summed E-state index contributed by atoms with van der Waals surface area (Å²) in [5.74, 6) is 1.61. The van der Waals surface area contributed by atoms with Crippen LogP contribution in [0.25, 0.3) is 0 Å². The number of aromatic nitrogens is 3. The molecule has 0 aliphatic rings. The van der Waals surface area contributed by atoms with Gasteiger partial charge in [-0.25, -0.2) is 4.98 Å². The summed E-state index contributed by atoms with van der Waals surface area (Å²) in [5.41, 5.74) is 2.00. The molecule has 2 heterocycles. The second-order valence-corrected chi connectivity index (χ2v) is 4.56. The van der Waals surface area contributed by atoms with E-state index in [4.69, 9.17) is 0 Å². The molecule has 0 atom stereocenters. The first-order valence-electron chi connectivity index (χ1n) is 6.97. The first kappa shape index (κ1) is 14.2. The number of anilines is 2. The van der Waals surface area contributed by atoms with Crippen molar-refractivity contribution < 1.29 is 0 Å². The number of nitrogens with one attached hydrogen (secondary N) is 1. The van der Waals surface area contributed by atoms with Gasteiger partial charge >= 0.3 is 0 Å². The van der Waals surface area contributed by atoms with Crippen molar-refractivity contribution in [3.8, 4) is 0 Å². The number of rotatable bonds is 6. The summed E-state index contributed by atoms with van der Waals surface area (Å²) in [7, 11) is 0. The number of nitrogens with zero attached hydrogens (tertiary/aromatic N) is 4. The lowest BCUT2D eigenvalue weighted by Gasteiger charge is -2.22. The Morgan fingerprint density at radius 3 is 2.70 bits per heavy atom. The van der Waals surface area contributed by atoms with Crippen molar-refractivity contribution in [1.29, 1.82) is 0 Å². The van der Waals surface area contributed by atoms with Crippen LogP contribution in [0.2, 0.25) is 0 Å². The maximum absolute atomic E-state index is 4.57. The van der Waals surface area contributed by atoms with Gasteiger partial charge in [-0.15, -0.1) is 0 Å². The first-order valence-corrected chi connectivity index (χ1v) is 6.97. The minimum atomic E-state index is 0.682. The van der Waals surface area contributed by atoms with E-state index < -0.39 is 0 Å². The van der Waals surface area contributed by atoms with E-state index in [-0.39, 0.29) is 0 Å². The largest absolute Gasteiger partial charge is 0.354 e. The van der Waals surface area contributed by atoms with Crippen LogP contribution in [-0.4, -0.2) is 28.0 Å². The van der Waals surface area contributed by atoms with E-state index in [2.05, 4.69) is 32.1 Å². The van der Waals surface area contributed by atoms with Gasteiger partial charge in [-0.05, 0) is 32.9 Å². The van der Waals surface area contributed by atoms with Crippen LogP contribution in [0.5, 0.6) is 0 Å². The summed E-state index contributed by atoms with van der Waals surface area (Å²) < 4.78 is 0. The van der Waals surface area contributed by atoms with Crippen LogP contribution in [0, 0.1) is 6.92 Å². The molecule has 0 unspecified atom stereocenters. The van der Waals surface area contributed by atoms with Gasteiger partial charge in [0.2, 0.25) is 5.95 Å². The molecule has 2 rings (SSSR count). The molecular weight excluding hydrogens is 250 g/mol. The van der Waals surface area contributed by atoms with Gasteiger partial charge in [0.15, 0.2) is 0 Å². The highest BCUT2D eigenvalue weighted by Gasteiger charge is 2.10. The number of pyridine rings is 1. The average Bonchev–Trinajstić information content (AvgIpc) is 2.45. The van der Waals surface area contributed by atoms with E-state index in [1.807, 2.05) is 44.3 Å². The topological polar surface area (TPSA) is 53.9 Å². The van der Waals surface area contributed by atoms with Gasteiger partial charge in [0.05, 0.1) is 12.2 Å². The molecule has 0 amide bonds. The SMILES string of the molecule is CCNc1nc(C)cc(N(CC)Cc2ccccn2)n1. The van der Waals surface area contributed by atoms with Crippen LogP contribution in [0.4, 0.5) is 11.8 Å². The third kappa shape index (κ3) is 3.66. The summed E-state index contributed by atoms with van der Waals surface area (Å²) >= 11 is 0. The monoisotopic (exact) mass is 271 g/mol. The van der Waals surface area contributed by atoms with Crippen LogP contribution < -0.4 is 10.2 Å². The fourth-order valence-corrected chi connectivity index (χ4v) is 1.99. The van der Waals surface area contributed by atoms with E-state index in [1.165, 1.54) is 0 Å². The Kier molecular flexibility index (Phi) is 4.87. The van der Waals surface area contributed by atoms with Crippen molar-refractivity contribution in [2.45, 2.75) is 27.3 Å². The molecule has 1 N–H and O–H groups in total. The van der Waals surface area contributed by atoms with E-state index in [1.54, 1.807) is 0 Å². The molecule has 2 aromatic heterocycles. The van der Waals surface area contributed by atoms with Gasteiger partial charge in [0.1, 0.15) is 5.82 Å². The van der Waals surface area contributed by atoms with Crippen molar-refractivity contribution in [1.82, 2.24) is 15.0 Å². The molecule has 0 saturated heterocycles. The maximum Gasteiger partial charge on any atom is 0.224 e. The van der Waals surface area contributed by atoms with Crippen LogP contribution in [0.1, 0.15) is 25.2 Å². The molecule has 20 heavy (non-hydrogen) atoms. The van der Waals surface area contributed by atoms with E-state index in [0.717, 1.165) is 36.8 Å². The third-order valence-electron chi connectivity index (χ3n) is 2.96.